The normalized spacial score (nSPS) is 15.5. The first-order valence-corrected chi connectivity index (χ1v) is 11.2. The van der Waals surface area contributed by atoms with Crippen LogP contribution in [0.3, 0.4) is 0 Å². The van der Waals surface area contributed by atoms with E-state index in [4.69, 9.17) is 23.2 Å². The maximum Gasteiger partial charge on any atom is 0.433 e. The molecule has 0 bridgehead atoms. The second kappa shape index (κ2) is 10.0. The summed E-state index contributed by atoms with van der Waals surface area (Å²) in [6.45, 7) is -0.393. The van der Waals surface area contributed by atoms with Gasteiger partial charge >= 0.3 is 6.18 Å². The molecule has 7 nitrogen and oxygen atoms in total. The summed E-state index contributed by atoms with van der Waals surface area (Å²) in [5.74, 6) is -4.02. The fraction of sp³-hybridized carbons (Fsp3) is 0.273. The van der Waals surface area contributed by atoms with Crippen molar-refractivity contribution < 1.29 is 26.7 Å². The minimum Gasteiger partial charge on any atom is -0.340 e. The van der Waals surface area contributed by atoms with E-state index in [1.54, 1.807) is 6.07 Å². The van der Waals surface area contributed by atoms with Gasteiger partial charge in [0.2, 0.25) is 5.95 Å². The smallest absolute Gasteiger partial charge is 0.340 e. The second-order valence-corrected chi connectivity index (χ2v) is 8.70. The van der Waals surface area contributed by atoms with Crippen LogP contribution in [0.2, 0.25) is 10.0 Å². The van der Waals surface area contributed by atoms with Gasteiger partial charge < -0.3 is 15.5 Å². The van der Waals surface area contributed by atoms with Gasteiger partial charge in [0.25, 0.3) is 11.8 Å². The third-order valence-corrected chi connectivity index (χ3v) is 5.88. The van der Waals surface area contributed by atoms with Gasteiger partial charge in [0.05, 0.1) is 15.6 Å². The van der Waals surface area contributed by atoms with Crippen molar-refractivity contribution in [3.63, 3.8) is 0 Å². The Balaban J connectivity index is 1.57. The first kappa shape index (κ1) is 25.8. The highest BCUT2D eigenvalue weighted by Crippen LogP contribution is 2.34. The van der Waals surface area contributed by atoms with Gasteiger partial charge in [-0.3, -0.25) is 4.79 Å². The largest absolute Gasteiger partial charge is 0.433 e. The molecule has 1 aliphatic rings. The highest BCUT2D eigenvalue weighted by molar-refractivity contribution is 6.40. The van der Waals surface area contributed by atoms with Crippen LogP contribution in [0.1, 0.15) is 28.9 Å². The van der Waals surface area contributed by atoms with Crippen LogP contribution in [0.5, 0.6) is 0 Å². The quantitative estimate of drug-likeness (QED) is 0.359. The molecule has 2 aromatic heterocycles. The molecule has 1 saturated heterocycles. The van der Waals surface area contributed by atoms with E-state index >= 15 is 0 Å². The summed E-state index contributed by atoms with van der Waals surface area (Å²) in [4.78, 5) is 25.5. The van der Waals surface area contributed by atoms with Crippen LogP contribution in [0, 0.1) is 0 Å². The molecule has 0 atom stereocenters. The molecule has 3 heterocycles. The Hall–Kier alpha value is -3.25. The molecule has 2 N–H and O–H groups in total. The van der Waals surface area contributed by atoms with Crippen molar-refractivity contribution in [2.45, 2.75) is 24.9 Å². The molecule has 4 rings (SSSR count). The number of alkyl halides is 5. The topological polar surface area (TPSA) is 83.0 Å². The van der Waals surface area contributed by atoms with Crippen molar-refractivity contribution in [2.24, 2.45) is 0 Å². The summed E-state index contributed by atoms with van der Waals surface area (Å²) in [6, 6.07) is 8.06. The van der Waals surface area contributed by atoms with E-state index in [1.807, 2.05) is 0 Å². The Kier molecular flexibility index (Phi) is 7.19. The first-order valence-electron chi connectivity index (χ1n) is 10.5. The number of piperidine rings is 1. The number of rotatable bonds is 5. The standard InChI is InChI=1S/C22H17Cl2F5N6O/c23-13-2-1-3-14(24)18(13)19(36)31-12-4-7-30-16(10-12)33-17-11-15(22(27,28)29)32-20(34-17)35-8-5-21(25,26)6-9-35/h1-4,7,10-11H,5-6,8-9H2,(H2,30,31,32,33,34,36). The van der Waals surface area contributed by atoms with Gasteiger partial charge in [-0.2, -0.15) is 18.2 Å². The van der Waals surface area contributed by atoms with E-state index in [-0.39, 0.29) is 52.0 Å². The van der Waals surface area contributed by atoms with Crippen LogP contribution >= 0.6 is 23.2 Å². The van der Waals surface area contributed by atoms with Crippen LogP contribution in [-0.4, -0.2) is 39.9 Å². The molecule has 0 aliphatic carbocycles. The Labute approximate surface area is 211 Å². The molecule has 0 unspecified atom stereocenters. The summed E-state index contributed by atoms with van der Waals surface area (Å²) in [6.07, 6.45) is -4.53. The number of nitrogens with zero attached hydrogens (tertiary/aromatic N) is 4. The molecule has 1 aromatic carbocycles. The molecule has 36 heavy (non-hydrogen) atoms. The summed E-state index contributed by atoms with van der Waals surface area (Å²) >= 11 is 12.1. The zero-order chi connectivity index (χ0) is 26.1. The number of benzene rings is 1. The zero-order valence-electron chi connectivity index (χ0n) is 18.2. The fourth-order valence-electron chi connectivity index (χ4n) is 3.44. The number of pyridine rings is 1. The van der Waals surface area contributed by atoms with Crippen molar-refractivity contribution in [1.29, 1.82) is 0 Å². The average Bonchev–Trinajstić information content (AvgIpc) is 2.78. The van der Waals surface area contributed by atoms with E-state index < -0.39 is 36.5 Å². The third-order valence-electron chi connectivity index (χ3n) is 5.25. The lowest BCUT2D eigenvalue weighted by Crippen LogP contribution is -2.40. The molecule has 1 fully saturated rings. The summed E-state index contributed by atoms with van der Waals surface area (Å²) in [5, 5.41) is 5.51. The predicted molar refractivity (Wildman–Crippen MR) is 125 cm³/mol. The number of carbonyl (C=O) groups is 1. The highest BCUT2D eigenvalue weighted by atomic mass is 35.5. The maximum absolute atomic E-state index is 13.5. The van der Waals surface area contributed by atoms with Gasteiger partial charge in [-0.05, 0) is 18.2 Å². The van der Waals surface area contributed by atoms with Crippen LogP contribution in [0.15, 0.2) is 42.6 Å². The lowest BCUT2D eigenvalue weighted by atomic mass is 10.1. The third kappa shape index (κ3) is 6.11. The zero-order valence-corrected chi connectivity index (χ0v) is 19.7. The Morgan fingerprint density at radius 2 is 1.67 bits per heavy atom. The van der Waals surface area contributed by atoms with E-state index in [0.717, 1.165) is 0 Å². The first-order chi connectivity index (χ1) is 16.9. The molecule has 1 aliphatic heterocycles. The minimum absolute atomic E-state index is 0.0505. The molecule has 14 heteroatoms. The number of hydrogen-bond acceptors (Lipinski definition) is 6. The molecule has 3 aromatic rings. The lowest BCUT2D eigenvalue weighted by Gasteiger charge is -2.32. The number of anilines is 4. The minimum atomic E-state index is -4.80. The Bertz CT molecular complexity index is 1260. The summed E-state index contributed by atoms with van der Waals surface area (Å²) in [7, 11) is 0. The maximum atomic E-state index is 13.5. The lowest BCUT2D eigenvalue weighted by molar-refractivity contribution is -0.141. The van der Waals surface area contributed by atoms with Gasteiger partial charge in [0.1, 0.15) is 11.6 Å². The Morgan fingerprint density at radius 3 is 2.31 bits per heavy atom. The number of aromatic nitrogens is 3. The van der Waals surface area contributed by atoms with Crippen LogP contribution in [0.4, 0.5) is 45.2 Å². The van der Waals surface area contributed by atoms with Gasteiger partial charge in [-0.15, -0.1) is 0 Å². The van der Waals surface area contributed by atoms with Crippen LogP contribution in [0.25, 0.3) is 0 Å². The molecule has 0 radical (unpaired) electrons. The van der Waals surface area contributed by atoms with Gasteiger partial charge in [-0.25, -0.2) is 18.7 Å². The monoisotopic (exact) mass is 546 g/mol. The van der Waals surface area contributed by atoms with E-state index in [1.165, 1.54) is 35.4 Å². The number of hydrogen-bond donors (Lipinski definition) is 2. The van der Waals surface area contributed by atoms with Gasteiger partial charge in [0, 0.05) is 49.9 Å². The van der Waals surface area contributed by atoms with E-state index in [2.05, 4.69) is 25.6 Å². The number of amides is 1. The van der Waals surface area contributed by atoms with Crippen LogP contribution in [-0.2, 0) is 6.18 Å². The SMILES string of the molecule is O=C(Nc1ccnc(Nc2cc(C(F)(F)F)nc(N3CCC(F)(F)CC3)n2)c1)c1c(Cl)cccc1Cl. The molecular weight excluding hydrogens is 530 g/mol. The van der Waals surface area contributed by atoms with E-state index in [0.29, 0.717) is 6.07 Å². The Morgan fingerprint density at radius 1 is 1.00 bits per heavy atom. The van der Waals surface area contributed by atoms with Crippen LogP contribution < -0.4 is 15.5 Å². The number of halogens is 7. The van der Waals surface area contributed by atoms with Crippen molar-refractivity contribution in [2.75, 3.05) is 28.6 Å². The molecule has 0 saturated carbocycles. The number of carbonyl (C=O) groups excluding carboxylic acids is 1. The molecular formula is C22H17Cl2F5N6O. The fourth-order valence-corrected chi connectivity index (χ4v) is 4.00. The van der Waals surface area contributed by atoms with Crippen molar-refractivity contribution in [3.05, 3.63) is 63.9 Å². The molecule has 0 spiro atoms. The average molecular weight is 547 g/mol. The predicted octanol–water partition coefficient (Wildman–Crippen LogP) is 6.43. The van der Waals surface area contributed by atoms with E-state index in [9.17, 15) is 26.7 Å². The number of nitrogens with one attached hydrogen (secondary N) is 2. The molecule has 1 amide bonds. The van der Waals surface area contributed by atoms with Gasteiger partial charge in [0.15, 0.2) is 5.69 Å². The van der Waals surface area contributed by atoms with Gasteiger partial charge in [-0.1, -0.05) is 29.3 Å². The summed E-state index contributed by atoms with van der Waals surface area (Å²) in [5.41, 5.74) is -0.947. The molecule has 190 valence electrons. The van der Waals surface area contributed by atoms with Crippen molar-refractivity contribution in [1.82, 2.24) is 15.0 Å². The summed E-state index contributed by atoms with van der Waals surface area (Å²) < 4.78 is 67.4. The van der Waals surface area contributed by atoms with Crippen molar-refractivity contribution >= 4 is 52.4 Å². The van der Waals surface area contributed by atoms with Crippen molar-refractivity contribution in [3.8, 4) is 0 Å². The highest BCUT2D eigenvalue weighted by Gasteiger charge is 2.37. The second-order valence-electron chi connectivity index (χ2n) is 7.88.